The van der Waals surface area contributed by atoms with E-state index in [9.17, 15) is 24.9 Å². The summed E-state index contributed by atoms with van der Waals surface area (Å²) in [5, 5.41) is 33.8. The van der Waals surface area contributed by atoms with Crippen LogP contribution in [0.25, 0.3) is 11.1 Å². The number of rotatable bonds is 3. The summed E-state index contributed by atoms with van der Waals surface area (Å²) in [6.07, 6.45) is -6.28. The van der Waals surface area contributed by atoms with E-state index >= 15 is 0 Å². The number of nitrogens with zero attached hydrogens (tertiary/aromatic N) is 2. The molecule has 3 aliphatic rings. The molecular formula is C25H25N5O7. The van der Waals surface area contributed by atoms with Crippen LogP contribution in [0.15, 0.2) is 53.3 Å². The highest BCUT2D eigenvalue weighted by Gasteiger charge is 2.53. The molecule has 3 aromatic rings. The van der Waals surface area contributed by atoms with E-state index < -0.39 is 48.8 Å². The number of aliphatic hydroxyl groups is 3. The monoisotopic (exact) mass is 507 g/mol. The predicted molar refractivity (Wildman–Crippen MR) is 132 cm³/mol. The van der Waals surface area contributed by atoms with E-state index in [1.165, 1.54) is 0 Å². The van der Waals surface area contributed by atoms with E-state index in [1.54, 1.807) is 0 Å². The lowest BCUT2D eigenvalue weighted by molar-refractivity contribution is -0.182. The number of nitrogens with one attached hydrogen (secondary N) is 2. The number of H-pyrrole nitrogens is 1. The molecule has 1 aliphatic carbocycles. The highest BCUT2D eigenvalue weighted by atomic mass is 16.6. The van der Waals surface area contributed by atoms with Gasteiger partial charge < -0.3 is 35.8 Å². The number of hydrogen-bond donors (Lipinski definition) is 6. The number of carbonyl (C=O) groups is 1. The van der Waals surface area contributed by atoms with Crippen molar-refractivity contribution in [3.05, 3.63) is 70.0 Å². The molecule has 3 heterocycles. The van der Waals surface area contributed by atoms with Crippen LogP contribution in [0.5, 0.6) is 0 Å². The Balaban J connectivity index is 1.35. The van der Waals surface area contributed by atoms with Crippen LogP contribution in [0.2, 0.25) is 0 Å². The Labute approximate surface area is 210 Å². The first-order valence-corrected chi connectivity index (χ1v) is 11.8. The number of benzene rings is 2. The molecule has 12 nitrogen and oxygen atoms in total. The number of hydrogen-bond acceptors (Lipinski definition) is 10. The van der Waals surface area contributed by atoms with Gasteiger partial charge in [-0.05, 0) is 22.3 Å². The lowest BCUT2D eigenvalue weighted by Gasteiger charge is -2.49. The molecule has 1 aromatic heterocycles. The molecule has 2 aromatic carbocycles. The number of amides is 1. The minimum absolute atomic E-state index is 0.0391. The summed E-state index contributed by atoms with van der Waals surface area (Å²) in [6, 6.07) is 14.4. The zero-order chi connectivity index (χ0) is 25.8. The van der Waals surface area contributed by atoms with Gasteiger partial charge in [0.05, 0.1) is 6.61 Å². The van der Waals surface area contributed by atoms with Crippen molar-refractivity contribution in [1.82, 2.24) is 9.97 Å². The van der Waals surface area contributed by atoms with Crippen LogP contribution < -0.4 is 21.5 Å². The number of carbonyl (C=O) groups excluding carboxylic acids is 1. The largest absolute Gasteiger partial charge is 0.448 e. The zero-order valence-corrected chi connectivity index (χ0v) is 19.4. The average molecular weight is 508 g/mol. The summed E-state index contributed by atoms with van der Waals surface area (Å²) in [5.74, 6) is -0.497. The lowest BCUT2D eigenvalue weighted by Crippen LogP contribution is -2.69. The van der Waals surface area contributed by atoms with Crippen LogP contribution in [-0.4, -0.2) is 75.2 Å². The van der Waals surface area contributed by atoms with Crippen molar-refractivity contribution in [2.75, 3.05) is 29.2 Å². The summed E-state index contributed by atoms with van der Waals surface area (Å²) in [5.41, 5.74) is 8.84. The molecule has 6 rings (SSSR count). The van der Waals surface area contributed by atoms with Gasteiger partial charge in [0, 0.05) is 5.92 Å². The molecule has 5 atom stereocenters. The van der Waals surface area contributed by atoms with Crippen LogP contribution in [-0.2, 0) is 9.47 Å². The van der Waals surface area contributed by atoms with Crippen LogP contribution in [0.3, 0.4) is 0 Å². The van der Waals surface area contributed by atoms with E-state index in [2.05, 4.69) is 15.3 Å². The number of nitrogen functional groups attached to an aromatic ring is 1. The number of aromatic nitrogens is 2. The number of aliphatic hydroxyl groups excluding tert-OH is 3. The summed E-state index contributed by atoms with van der Waals surface area (Å²) in [6.45, 7) is -0.617. The Hall–Kier alpha value is -3.97. The van der Waals surface area contributed by atoms with Gasteiger partial charge in [-0.25, -0.2) is 4.79 Å². The standard InChI is InChI=1S/C25H25N5O7/c26-24-28-21-18(22(34)29-24)30(17-20(33)19(32)16(9-31)37-23(17)27-21)25(35)36-10-15-13-7-3-1-5-11(13)12-6-2-4-8-14(12)15/h1-8,15-17,19-20,23,31-33H,9-10H2,(H4,26,27,28,29,34). The molecule has 2 aliphatic heterocycles. The first-order chi connectivity index (χ1) is 17.9. The second-order valence-electron chi connectivity index (χ2n) is 9.22. The Morgan fingerprint density at radius 2 is 1.73 bits per heavy atom. The topological polar surface area (TPSA) is 183 Å². The van der Waals surface area contributed by atoms with Gasteiger partial charge in [0.1, 0.15) is 31.0 Å². The summed E-state index contributed by atoms with van der Waals surface area (Å²) in [7, 11) is 0. The van der Waals surface area contributed by atoms with Gasteiger partial charge in [0.15, 0.2) is 17.7 Å². The fourth-order valence-electron chi connectivity index (χ4n) is 5.48. The van der Waals surface area contributed by atoms with Crippen molar-refractivity contribution in [2.24, 2.45) is 0 Å². The lowest BCUT2D eigenvalue weighted by atomic mass is 9.93. The molecule has 0 spiro atoms. The fraction of sp³-hybridized carbons (Fsp3) is 0.320. The number of anilines is 3. The number of ether oxygens (including phenoxy) is 2. The number of aromatic amines is 1. The smallest absolute Gasteiger partial charge is 0.415 e. The third kappa shape index (κ3) is 3.64. The van der Waals surface area contributed by atoms with Crippen molar-refractivity contribution in [2.45, 2.75) is 36.5 Å². The molecule has 0 radical (unpaired) electrons. The van der Waals surface area contributed by atoms with Crippen molar-refractivity contribution in [3.63, 3.8) is 0 Å². The molecule has 1 saturated heterocycles. The van der Waals surface area contributed by atoms with Gasteiger partial charge in [-0.2, -0.15) is 4.98 Å². The Morgan fingerprint density at radius 1 is 1.08 bits per heavy atom. The molecule has 5 unspecified atom stereocenters. The Morgan fingerprint density at radius 3 is 2.38 bits per heavy atom. The Bertz CT molecular complexity index is 1380. The number of fused-ring (bicyclic) bond motifs is 5. The van der Waals surface area contributed by atoms with Crippen molar-refractivity contribution in [1.29, 1.82) is 0 Å². The summed E-state index contributed by atoms with van der Waals surface area (Å²) >= 11 is 0. The average Bonchev–Trinajstić information content (AvgIpc) is 3.21. The molecule has 0 saturated carbocycles. The van der Waals surface area contributed by atoms with Crippen molar-refractivity contribution >= 4 is 23.5 Å². The van der Waals surface area contributed by atoms with Crippen LogP contribution in [0, 0.1) is 0 Å². The maximum absolute atomic E-state index is 13.6. The molecule has 192 valence electrons. The first kappa shape index (κ1) is 23.4. The van der Waals surface area contributed by atoms with E-state index in [1.807, 2.05) is 48.5 Å². The zero-order valence-electron chi connectivity index (χ0n) is 19.4. The highest BCUT2D eigenvalue weighted by molar-refractivity contribution is 5.93. The van der Waals surface area contributed by atoms with Gasteiger partial charge in [0.2, 0.25) is 5.95 Å². The minimum atomic E-state index is -1.58. The maximum atomic E-state index is 13.6. The van der Waals surface area contributed by atoms with E-state index in [0.717, 1.165) is 27.2 Å². The molecule has 37 heavy (non-hydrogen) atoms. The molecular weight excluding hydrogens is 482 g/mol. The van der Waals surface area contributed by atoms with Crippen LogP contribution in [0.4, 0.5) is 22.2 Å². The fourth-order valence-corrected chi connectivity index (χ4v) is 5.48. The second-order valence-corrected chi connectivity index (χ2v) is 9.22. The Kier molecular flexibility index (Phi) is 5.60. The van der Waals surface area contributed by atoms with Crippen LogP contribution in [0.1, 0.15) is 17.0 Å². The highest BCUT2D eigenvalue weighted by Crippen LogP contribution is 2.45. The maximum Gasteiger partial charge on any atom is 0.415 e. The van der Waals surface area contributed by atoms with E-state index in [0.29, 0.717) is 0 Å². The molecule has 0 bridgehead atoms. The van der Waals surface area contributed by atoms with E-state index in [4.69, 9.17) is 15.2 Å². The van der Waals surface area contributed by atoms with Crippen molar-refractivity contribution in [3.8, 4) is 11.1 Å². The van der Waals surface area contributed by atoms with E-state index in [-0.39, 0.29) is 30.0 Å². The van der Waals surface area contributed by atoms with Gasteiger partial charge >= 0.3 is 6.09 Å². The van der Waals surface area contributed by atoms with Crippen molar-refractivity contribution < 1.29 is 29.6 Å². The molecule has 12 heteroatoms. The molecule has 1 amide bonds. The molecule has 7 N–H and O–H groups in total. The number of nitrogens with two attached hydrogens (primary N) is 1. The third-order valence-corrected chi connectivity index (χ3v) is 7.16. The van der Waals surface area contributed by atoms with Gasteiger partial charge in [-0.1, -0.05) is 48.5 Å². The third-order valence-electron chi connectivity index (χ3n) is 7.16. The van der Waals surface area contributed by atoms with Gasteiger partial charge in [0.25, 0.3) is 5.56 Å². The molecule has 1 fully saturated rings. The summed E-state index contributed by atoms with van der Waals surface area (Å²) in [4.78, 5) is 33.8. The SMILES string of the molecule is Nc1nc2c(c(=O)[nH]1)N(C(=O)OCC1c3ccccc3-c3ccccc31)C1C(N2)OC(CO)C(O)C1O. The van der Waals surface area contributed by atoms with Crippen LogP contribution >= 0.6 is 0 Å². The first-order valence-electron chi connectivity index (χ1n) is 11.8. The van der Waals surface area contributed by atoms with Gasteiger partial charge in [-0.15, -0.1) is 0 Å². The quantitative estimate of drug-likeness (QED) is 0.289. The normalized spacial score (nSPS) is 25.9. The predicted octanol–water partition coefficient (Wildman–Crippen LogP) is 0.341. The summed E-state index contributed by atoms with van der Waals surface area (Å²) < 4.78 is 11.5. The second kappa shape index (κ2) is 8.85. The minimum Gasteiger partial charge on any atom is -0.448 e. The van der Waals surface area contributed by atoms with Gasteiger partial charge in [-0.3, -0.25) is 14.7 Å².